The molecule has 1 aromatic carbocycles. The van der Waals surface area contributed by atoms with E-state index in [0.717, 1.165) is 0 Å². The monoisotopic (exact) mass is 304 g/mol. The maximum Gasteiger partial charge on any atom is 0.235 e. The maximum atomic E-state index is 12.7. The lowest BCUT2D eigenvalue weighted by atomic mass is 10.2. The van der Waals surface area contributed by atoms with E-state index < -0.39 is 21.7 Å². The average Bonchev–Trinajstić information content (AvgIpc) is 2.39. The predicted molar refractivity (Wildman–Crippen MR) is 71.9 cm³/mol. The number of ether oxygens (including phenoxy) is 1. The fourth-order valence-electron chi connectivity index (χ4n) is 1.38. The zero-order valence-electron chi connectivity index (χ0n) is 11.1. The summed E-state index contributed by atoms with van der Waals surface area (Å²) in [6, 6.07) is 5.13. The molecule has 0 saturated carbocycles. The van der Waals surface area contributed by atoms with Crippen LogP contribution in [0.2, 0.25) is 0 Å². The Morgan fingerprint density at radius 3 is 2.55 bits per heavy atom. The number of amides is 1. The smallest absolute Gasteiger partial charge is 0.235 e. The summed E-state index contributed by atoms with van der Waals surface area (Å²) in [5, 5.41) is 2.49. The van der Waals surface area contributed by atoms with Gasteiger partial charge < -0.3 is 10.1 Å². The van der Waals surface area contributed by atoms with Crippen molar-refractivity contribution in [2.75, 3.05) is 26.8 Å². The van der Waals surface area contributed by atoms with Gasteiger partial charge in [-0.3, -0.25) is 4.79 Å². The van der Waals surface area contributed by atoms with Gasteiger partial charge in [0.1, 0.15) is 5.82 Å². The van der Waals surface area contributed by atoms with Crippen molar-refractivity contribution in [3.63, 3.8) is 0 Å². The summed E-state index contributed by atoms with van der Waals surface area (Å²) in [6.07, 6.45) is 0. The van der Waals surface area contributed by atoms with Gasteiger partial charge in [0.2, 0.25) is 15.9 Å². The number of nitrogens with one attached hydrogen (secondary N) is 2. The minimum Gasteiger partial charge on any atom is -0.383 e. The third-order valence-electron chi connectivity index (χ3n) is 2.35. The Bertz CT molecular complexity index is 531. The average molecular weight is 304 g/mol. The molecule has 2 N–H and O–H groups in total. The van der Waals surface area contributed by atoms with Crippen LogP contribution in [0.3, 0.4) is 0 Å². The van der Waals surface area contributed by atoms with Crippen molar-refractivity contribution in [3.8, 4) is 0 Å². The molecule has 8 heteroatoms. The Labute approximate surface area is 117 Å². The van der Waals surface area contributed by atoms with Crippen molar-refractivity contribution in [2.45, 2.75) is 5.75 Å². The summed E-state index contributed by atoms with van der Waals surface area (Å²) in [5.74, 6) is -1.18. The summed E-state index contributed by atoms with van der Waals surface area (Å²) >= 11 is 0. The molecule has 0 aliphatic carbocycles. The van der Waals surface area contributed by atoms with E-state index >= 15 is 0 Å². The molecule has 0 aliphatic rings. The summed E-state index contributed by atoms with van der Waals surface area (Å²) < 4.78 is 43.0. The van der Waals surface area contributed by atoms with Crippen LogP contribution in [-0.2, 0) is 25.3 Å². The topological polar surface area (TPSA) is 84.5 Å². The Morgan fingerprint density at radius 1 is 1.30 bits per heavy atom. The Morgan fingerprint density at radius 2 is 1.95 bits per heavy atom. The second-order valence-corrected chi connectivity index (χ2v) is 5.86. The van der Waals surface area contributed by atoms with Crippen LogP contribution in [0, 0.1) is 5.82 Å². The van der Waals surface area contributed by atoms with Crippen molar-refractivity contribution >= 4 is 15.9 Å². The third kappa shape index (κ3) is 6.60. The summed E-state index contributed by atoms with van der Waals surface area (Å²) in [7, 11) is -2.14. The van der Waals surface area contributed by atoms with E-state index in [0.29, 0.717) is 18.7 Å². The van der Waals surface area contributed by atoms with Crippen molar-refractivity contribution in [1.82, 2.24) is 10.0 Å². The van der Waals surface area contributed by atoms with Crippen molar-refractivity contribution in [1.29, 1.82) is 0 Å². The molecule has 0 atom stereocenters. The van der Waals surface area contributed by atoms with Gasteiger partial charge in [-0.2, -0.15) is 0 Å². The summed E-state index contributed by atoms with van der Waals surface area (Å²) in [4.78, 5) is 11.3. The Kier molecular flexibility index (Phi) is 6.56. The molecule has 1 aromatic rings. The van der Waals surface area contributed by atoms with E-state index in [1.54, 1.807) is 0 Å². The zero-order valence-corrected chi connectivity index (χ0v) is 11.9. The highest BCUT2D eigenvalue weighted by Gasteiger charge is 2.13. The molecule has 0 aliphatic heterocycles. The van der Waals surface area contributed by atoms with Gasteiger partial charge in [-0.1, -0.05) is 12.1 Å². The van der Waals surface area contributed by atoms with Gasteiger partial charge in [0.25, 0.3) is 0 Å². The lowest BCUT2D eigenvalue weighted by Gasteiger charge is -2.07. The van der Waals surface area contributed by atoms with Crippen LogP contribution in [0.25, 0.3) is 0 Å². The number of hydrogen-bond acceptors (Lipinski definition) is 4. The SMILES string of the molecule is COCCNC(=O)CNS(=O)(=O)Cc1ccc(F)cc1. The molecule has 1 rings (SSSR count). The fourth-order valence-corrected chi connectivity index (χ4v) is 2.47. The predicted octanol–water partition coefficient (Wildman–Crippen LogP) is 0.00770. The van der Waals surface area contributed by atoms with Gasteiger partial charge in [0.05, 0.1) is 18.9 Å². The first kappa shape index (κ1) is 16.5. The zero-order chi connectivity index (χ0) is 15.0. The van der Waals surface area contributed by atoms with Gasteiger partial charge >= 0.3 is 0 Å². The van der Waals surface area contributed by atoms with Crippen LogP contribution in [0.1, 0.15) is 5.56 Å². The van der Waals surface area contributed by atoms with Gasteiger partial charge in [-0.25, -0.2) is 17.5 Å². The molecular weight excluding hydrogens is 287 g/mol. The first-order chi connectivity index (χ1) is 9.43. The largest absolute Gasteiger partial charge is 0.383 e. The number of halogens is 1. The van der Waals surface area contributed by atoms with Crippen LogP contribution >= 0.6 is 0 Å². The van der Waals surface area contributed by atoms with E-state index in [4.69, 9.17) is 4.74 Å². The number of carbonyl (C=O) groups excluding carboxylic acids is 1. The molecule has 0 radical (unpaired) electrons. The van der Waals surface area contributed by atoms with E-state index in [2.05, 4.69) is 10.0 Å². The minimum absolute atomic E-state index is 0.307. The molecule has 1 amide bonds. The standard InChI is InChI=1S/C12H17FN2O4S/c1-19-7-6-14-12(16)8-15-20(17,18)9-10-2-4-11(13)5-3-10/h2-5,15H,6-9H2,1H3,(H,14,16). The second kappa shape index (κ2) is 7.93. The van der Waals surface area contributed by atoms with Crippen LogP contribution in [0.15, 0.2) is 24.3 Å². The molecule has 0 heterocycles. The highest BCUT2D eigenvalue weighted by molar-refractivity contribution is 7.88. The minimum atomic E-state index is -3.64. The van der Waals surface area contributed by atoms with Gasteiger partial charge in [0, 0.05) is 13.7 Å². The third-order valence-corrected chi connectivity index (χ3v) is 3.65. The number of benzene rings is 1. The number of methoxy groups -OCH3 is 1. The molecule has 0 fully saturated rings. The maximum absolute atomic E-state index is 12.7. The number of carbonyl (C=O) groups is 1. The Balaban J connectivity index is 2.41. The van der Waals surface area contributed by atoms with Crippen molar-refractivity contribution in [3.05, 3.63) is 35.6 Å². The number of rotatable bonds is 8. The van der Waals surface area contributed by atoms with Crippen LogP contribution in [-0.4, -0.2) is 41.1 Å². The molecule has 6 nitrogen and oxygen atoms in total. The van der Waals surface area contributed by atoms with Crippen LogP contribution < -0.4 is 10.0 Å². The van der Waals surface area contributed by atoms with Crippen molar-refractivity contribution in [2.24, 2.45) is 0 Å². The quantitative estimate of drug-likeness (QED) is 0.663. The van der Waals surface area contributed by atoms with Crippen molar-refractivity contribution < 1.29 is 22.3 Å². The van der Waals surface area contributed by atoms with Crippen LogP contribution in [0.5, 0.6) is 0 Å². The van der Waals surface area contributed by atoms with E-state index in [-0.39, 0.29) is 12.3 Å². The highest BCUT2D eigenvalue weighted by atomic mass is 32.2. The lowest BCUT2D eigenvalue weighted by molar-refractivity contribution is -0.120. The van der Waals surface area contributed by atoms with Gasteiger partial charge in [-0.05, 0) is 17.7 Å². The first-order valence-corrected chi connectivity index (χ1v) is 7.55. The molecule has 112 valence electrons. The van der Waals surface area contributed by atoms with Gasteiger partial charge in [0.15, 0.2) is 0 Å². The Hall–Kier alpha value is -1.51. The normalized spacial score (nSPS) is 11.3. The van der Waals surface area contributed by atoms with E-state index in [9.17, 15) is 17.6 Å². The lowest BCUT2D eigenvalue weighted by Crippen LogP contribution is -2.38. The summed E-state index contributed by atoms with van der Waals surface area (Å²) in [5.41, 5.74) is 0.443. The molecule has 0 unspecified atom stereocenters. The second-order valence-electron chi connectivity index (χ2n) is 4.05. The van der Waals surface area contributed by atoms with Gasteiger partial charge in [-0.15, -0.1) is 0 Å². The van der Waals surface area contributed by atoms with Crippen LogP contribution in [0.4, 0.5) is 4.39 Å². The molecule has 0 spiro atoms. The fraction of sp³-hybridized carbons (Fsp3) is 0.417. The molecule has 0 saturated heterocycles. The number of hydrogen-bond donors (Lipinski definition) is 2. The molecule has 20 heavy (non-hydrogen) atoms. The molecular formula is C12H17FN2O4S. The molecule has 0 aromatic heterocycles. The number of sulfonamides is 1. The summed E-state index contributed by atoms with van der Waals surface area (Å²) in [6.45, 7) is 0.330. The van der Waals surface area contributed by atoms with E-state index in [1.165, 1.54) is 31.4 Å². The first-order valence-electron chi connectivity index (χ1n) is 5.90. The highest BCUT2D eigenvalue weighted by Crippen LogP contribution is 2.06. The van der Waals surface area contributed by atoms with E-state index in [1.807, 2.05) is 0 Å². The molecule has 0 bridgehead atoms.